The van der Waals surface area contributed by atoms with Crippen molar-refractivity contribution in [1.82, 2.24) is 0 Å². The van der Waals surface area contributed by atoms with Crippen LogP contribution in [0.4, 0.5) is 0 Å². The summed E-state index contributed by atoms with van der Waals surface area (Å²) in [5.74, 6) is -1.32. The Balaban J connectivity index is 2.65. The summed E-state index contributed by atoms with van der Waals surface area (Å²) in [6.07, 6.45) is 2.11. The molecule has 0 radical (unpaired) electrons. The van der Waals surface area contributed by atoms with E-state index in [-0.39, 0.29) is 30.1 Å². The summed E-state index contributed by atoms with van der Waals surface area (Å²) in [4.78, 5) is 47.7. The SMILES string of the molecule is CC(=O)Oc1ccc(OC(=O)CCSCCO[N+](=O)[O-])c(C=CC(=O)O)c1. The van der Waals surface area contributed by atoms with Crippen molar-refractivity contribution in [3.05, 3.63) is 40.0 Å². The number of carboxylic acid groups (broad SMARTS) is 1. The minimum absolute atomic E-state index is 0.0386. The van der Waals surface area contributed by atoms with Gasteiger partial charge in [0.1, 0.15) is 18.1 Å². The molecule has 0 aliphatic heterocycles. The Morgan fingerprint density at radius 3 is 2.63 bits per heavy atom. The second-order valence-electron chi connectivity index (χ2n) is 4.86. The Kier molecular flexibility index (Phi) is 9.37. The number of carbonyl (C=O) groups excluding carboxylic acids is 2. The molecule has 0 saturated carbocycles. The van der Waals surface area contributed by atoms with Crippen molar-refractivity contribution in [3.8, 4) is 11.5 Å². The van der Waals surface area contributed by atoms with Gasteiger partial charge in [-0.3, -0.25) is 9.59 Å². The molecule has 1 N–H and O–H groups in total. The Hall–Kier alpha value is -3.08. The van der Waals surface area contributed by atoms with Gasteiger partial charge >= 0.3 is 17.9 Å². The molecule has 0 aliphatic rings. The summed E-state index contributed by atoms with van der Waals surface area (Å²) < 4.78 is 10.1. The van der Waals surface area contributed by atoms with Crippen molar-refractivity contribution in [2.75, 3.05) is 18.1 Å². The molecule has 0 fully saturated rings. The van der Waals surface area contributed by atoms with Crippen molar-refractivity contribution >= 4 is 35.7 Å². The number of thioether (sulfide) groups is 1. The van der Waals surface area contributed by atoms with Crippen LogP contribution in [0.25, 0.3) is 6.08 Å². The molecule has 0 unspecified atom stereocenters. The molecule has 0 bridgehead atoms. The monoisotopic (exact) mass is 399 g/mol. The third kappa shape index (κ3) is 9.84. The maximum Gasteiger partial charge on any atom is 0.328 e. The Morgan fingerprint density at radius 1 is 1.26 bits per heavy atom. The summed E-state index contributed by atoms with van der Waals surface area (Å²) in [5, 5.41) is 17.8. The van der Waals surface area contributed by atoms with Gasteiger partial charge in [-0.1, -0.05) is 0 Å². The second kappa shape index (κ2) is 11.5. The van der Waals surface area contributed by atoms with Crippen LogP contribution < -0.4 is 9.47 Å². The third-order valence-electron chi connectivity index (χ3n) is 2.75. The van der Waals surface area contributed by atoms with E-state index in [0.717, 1.165) is 6.08 Å². The average Bonchev–Trinajstić information content (AvgIpc) is 2.57. The van der Waals surface area contributed by atoms with Crippen LogP contribution in [0.15, 0.2) is 24.3 Å². The lowest BCUT2D eigenvalue weighted by atomic mass is 10.1. The van der Waals surface area contributed by atoms with E-state index in [9.17, 15) is 24.5 Å². The van der Waals surface area contributed by atoms with Crippen LogP contribution in [-0.2, 0) is 19.2 Å². The molecule has 1 rings (SSSR count). The minimum Gasteiger partial charge on any atom is -0.478 e. The zero-order valence-electron chi connectivity index (χ0n) is 14.3. The van der Waals surface area contributed by atoms with Crippen LogP contribution in [0, 0.1) is 10.1 Å². The van der Waals surface area contributed by atoms with E-state index in [0.29, 0.717) is 11.5 Å². The van der Waals surface area contributed by atoms with Crippen molar-refractivity contribution in [2.45, 2.75) is 13.3 Å². The molecule has 0 amide bonds. The van der Waals surface area contributed by atoms with E-state index in [1.165, 1.54) is 43.0 Å². The maximum atomic E-state index is 11.9. The number of hydrogen-bond donors (Lipinski definition) is 1. The van der Waals surface area contributed by atoms with E-state index < -0.39 is 23.0 Å². The van der Waals surface area contributed by atoms with Gasteiger partial charge < -0.3 is 19.4 Å². The van der Waals surface area contributed by atoms with Gasteiger partial charge in [-0.25, -0.2) is 4.79 Å². The van der Waals surface area contributed by atoms with E-state index >= 15 is 0 Å². The molecule has 0 heterocycles. The fourth-order valence-electron chi connectivity index (χ4n) is 1.74. The lowest BCUT2D eigenvalue weighted by Gasteiger charge is -2.09. The number of carbonyl (C=O) groups is 3. The molecule has 1 aromatic rings. The average molecular weight is 399 g/mol. The number of esters is 2. The highest BCUT2D eigenvalue weighted by Crippen LogP contribution is 2.26. The van der Waals surface area contributed by atoms with Gasteiger partial charge in [-0.05, 0) is 24.3 Å². The molecule has 0 saturated heterocycles. The molecule has 11 heteroatoms. The van der Waals surface area contributed by atoms with Crippen LogP contribution in [0.1, 0.15) is 18.9 Å². The summed E-state index contributed by atoms with van der Waals surface area (Å²) in [6.45, 7) is 1.14. The van der Waals surface area contributed by atoms with Gasteiger partial charge in [-0.2, -0.15) is 11.8 Å². The molecule has 27 heavy (non-hydrogen) atoms. The highest BCUT2D eigenvalue weighted by molar-refractivity contribution is 7.99. The first kappa shape index (κ1) is 22.0. The number of rotatable bonds is 11. The lowest BCUT2D eigenvalue weighted by molar-refractivity contribution is -0.756. The molecule has 0 aliphatic carbocycles. The van der Waals surface area contributed by atoms with Gasteiger partial charge in [0, 0.05) is 30.1 Å². The minimum atomic E-state index is -1.20. The van der Waals surface area contributed by atoms with Crippen molar-refractivity contribution < 1.29 is 38.9 Å². The molecular formula is C16H17NO9S. The molecule has 0 spiro atoms. The number of nitrogens with zero attached hydrogens (tertiary/aromatic N) is 1. The molecule has 146 valence electrons. The summed E-state index contributed by atoms with van der Waals surface area (Å²) >= 11 is 1.28. The molecule has 0 atom stereocenters. The van der Waals surface area contributed by atoms with Crippen LogP contribution >= 0.6 is 11.8 Å². The summed E-state index contributed by atoms with van der Waals surface area (Å²) in [6, 6.07) is 4.16. The zero-order chi connectivity index (χ0) is 20.2. The predicted octanol–water partition coefficient (Wildman–Crippen LogP) is 1.95. The molecular weight excluding hydrogens is 382 g/mol. The number of aliphatic carboxylic acids is 1. The normalized spacial score (nSPS) is 10.4. The van der Waals surface area contributed by atoms with Crippen LogP contribution in [0.5, 0.6) is 11.5 Å². The maximum absolute atomic E-state index is 11.9. The van der Waals surface area contributed by atoms with Gasteiger partial charge in [0.15, 0.2) is 0 Å². The lowest BCUT2D eigenvalue weighted by Crippen LogP contribution is -2.11. The molecule has 0 aromatic heterocycles. The van der Waals surface area contributed by atoms with Crippen LogP contribution in [0.2, 0.25) is 0 Å². The zero-order valence-corrected chi connectivity index (χ0v) is 15.1. The number of hydrogen-bond acceptors (Lipinski definition) is 9. The first-order valence-corrected chi connectivity index (χ1v) is 8.72. The fraction of sp³-hybridized carbons (Fsp3) is 0.312. The van der Waals surface area contributed by atoms with Gasteiger partial charge in [0.05, 0.1) is 6.42 Å². The molecule has 1 aromatic carbocycles. The van der Waals surface area contributed by atoms with Crippen LogP contribution in [-0.4, -0.2) is 46.2 Å². The summed E-state index contributed by atoms with van der Waals surface area (Å²) in [7, 11) is 0. The number of carboxylic acids is 1. The number of ether oxygens (including phenoxy) is 2. The van der Waals surface area contributed by atoms with E-state index in [1.54, 1.807) is 0 Å². The van der Waals surface area contributed by atoms with Crippen molar-refractivity contribution in [1.29, 1.82) is 0 Å². The Bertz CT molecular complexity index is 733. The van der Waals surface area contributed by atoms with Gasteiger partial charge in [0.2, 0.25) is 0 Å². The van der Waals surface area contributed by atoms with Gasteiger partial charge in [0.25, 0.3) is 5.09 Å². The fourth-order valence-corrected chi connectivity index (χ4v) is 2.45. The first-order valence-electron chi connectivity index (χ1n) is 7.57. The van der Waals surface area contributed by atoms with E-state index in [2.05, 4.69) is 4.84 Å². The standard InChI is InChI=1S/C16H17NO9S/c1-11(18)25-13-3-4-14(12(10-13)2-5-15(19)20)26-16(21)6-8-27-9-7-24-17(22)23/h2-5,10H,6-9H2,1H3,(H,19,20). The Labute approximate surface area is 158 Å². The van der Waals surface area contributed by atoms with Crippen molar-refractivity contribution in [2.24, 2.45) is 0 Å². The smallest absolute Gasteiger partial charge is 0.328 e. The van der Waals surface area contributed by atoms with E-state index in [1.807, 2.05) is 0 Å². The molecule has 10 nitrogen and oxygen atoms in total. The quantitative estimate of drug-likeness (QED) is 0.146. The highest BCUT2D eigenvalue weighted by Gasteiger charge is 2.11. The van der Waals surface area contributed by atoms with E-state index in [4.69, 9.17) is 14.6 Å². The highest BCUT2D eigenvalue weighted by atomic mass is 32.2. The summed E-state index contributed by atoms with van der Waals surface area (Å²) in [5.41, 5.74) is 0.247. The van der Waals surface area contributed by atoms with Gasteiger partial charge in [-0.15, -0.1) is 10.1 Å². The second-order valence-corrected chi connectivity index (χ2v) is 6.08. The number of benzene rings is 1. The van der Waals surface area contributed by atoms with Crippen molar-refractivity contribution in [3.63, 3.8) is 0 Å². The first-order chi connectivity index (χ1) is 12.8. The third-order valence-corrected chi connectivity index (χ3v) is 3.70. The Morgan fingerprint density at radius 2 is 2.00 bits per heavy atom. The largest absolute Gasteiger partial charge is 0.478 e. The van der Waals surface area contributed by atoms with Crippen LogP contribution in [0.3, 0.4) is 0 Å². The predicted molar refractivity (Wildman–Crippen MR) is 94.9 cm³/mol. The topological polar surface area (TPSA) is 142 Å².